The molecule has 0 saturated heterocycles. The maximum atomic E-state index is 12.6. The van der Waals surface area contributed by atoms with E-state index in [0.717, 1.165) is 22.0 Å². The molecule has 1 heterocycles. The van der Waals surface area contributed by atoms with Gasteiger partial charge in [-0.1, -0.05) is 41.9 Å². The molecule has 1 N–H and O–H groups in total. The fourth-order valence-electron chi connectivity index (χ4n) is 3.50. The van der Waals surface area contributed by atoms with Crippen molar-refractivity contribution in [3.8, 4) is 11.5 Å². The summed E-state index contributed by atoms with van der Waals surface area (Å²) in [6.45, 7) is 0.695. The Labute approximate surface area is 191 Å². The first kappa shape index (κ1) is 21.5. The van der Waals surface area contributed by atoms with Crippen molar-refractivity contribution in [2.24, 2.45) is 5.10 Å². The van der Waals surface area contributed by atoms with Crippen molar-refractivity contribution in [3.05, 3.63) is 94.6 Å². The Bertz CT molecular complexity index is 1280. The van der Waals surface area contributed by atoms with E-state index in [1.54, 1.807) is 31.5 Å². The third-order valence-electron chi connectivity index (χ3n) is 5.11. The highest BCUT2D eigenvalue weighted by molar-refractivity contribution is 6.30. The van der Waals surface area contributed by atoms with Crippen LogP contribution in [-0.2, 0) is 6.54 Å². The monoisotopic (exact) mass is 447 g/mol. The summed E-state index contributed by atoms with van der Waals surface area (Å²) in [4.78, 5) is 12.6. The van der Waals surface area contributed by atoms with Crippen molar-refractivity contribution in [2.45, 2.75) is 6.54 Å². The fourth-order valence-corrected chi connectivity index (χ4v) is 3.63. The molecule has 162 valence electrons. The Kier molecular flexibility index (Phi) is 6.42. The zero-order chi connectivity index (χ0) is 22.5. The summed E-state index contributed by atoms with van der Waals surface area (Å²) in [6, 6.07) is 20.8. The van der Waals surface area contributed by atoms with Crippen molar-refractivity contribution in [3.63, 3.8) is 0 Å². The Balaban J connectivity index is 1.55. The van der Waals surface area contributed by atoms with E-state index < -0.39 is 0 Å². The number of para-hydroxylation sites is 1. The van der Waals surface area contributed by atoms with Gasteiger partial charge in [-0.15, -0.1) is 0 Å². The molecule has 0 unspecified atom stereocenters. The smallest absolute Gasteiger partial charge is 0.275 e. The highest BCUT2D eigenvalue weighted by atomic mass is 35.5. The topological polar surface area (TPSA) is 64.8 Å². The first-order chi connectivity index (χ1) is 15.6. The van der Waals surface area contributed by atoms with Gasteiger partial charge in [0.05, 0.1) is 26.0 Å². The molecule has 32 heavy (non-hydrogen) atoms. The van der Waals surface area contributed by atoms with Gasteiger partial charge in [0.1, 0.15) is 11.5 Å². The number of aromatic nitrogens is 1. The van der Waals surface area contributed by atoms with Gasteiger partial charge in [0, 0.05) is 40.3 Å². The lowest BCUT2D eigenvalue weighted by Crippen LogP contribution is -2.18. The van der Waals surface area contributed by atoms with Crippen molar-refractivity contribution in [1.82, 2.24) is 9.99 Å². The summed E-state index contributed by atoms with van der Waals surface area (Å²) >= 11 is 6.00. The molecule has 6 nitrogen and oxygen atoms in total. The van der Waals surface area contributed by atoms with Crippen LogP contribution < -0.4 is 14.9 Å². The molecule has 0 saturated carbocycles. The van der Waals surface area contributed by atoms with Gasteiger partial charge in [-0.05, 0) is 35.9 Å². The molecule has 0 aliphatic carbocycles. The quantitative estimate of drug-likeness (QED) is 0.316. The van der Waals surface area contributed by atoms with Crippen LogP contribution in [0.25, 0.3) is 10.9 Å². The van der Waals surface area contributed by atoms with Crippen LogP contribution in [0, 0.1) is 0 Å². The number of halogens is 1. The first-order valence-corrected chi connectivity index (χ1v) is 10.3. The third-order valence-corrected chi connectivity index (χ3v) is 5.36. The molecule has 0 radical (unpaired) electrons. The van der Waals surface area contributed by atoms with Crippen molar-refractivity contribution < 1.29 is 14.3 Å². The first-order valence-electron chi connectivity index (χ1n) is 9.97. The summed E-state index contributed by atoms with van der Waals surface area (Å²) in [5.74, 6) is 0.651. The minimum absolute atomic E-state index is 0.370. The summed E-state index contributed by atoms with van der Waals surface area (Å²) in [5, 5.41) is 5.93. The molecule has 1 aromatic heterocycles. The number of carbonyl (C=O) groups is 1. The Hall–Kier alpha value is -3.77. The predicted octanol–water partition coefficient (Wildman–Crippen LogP) is 5.12. The Morgan fingerprint density at radius 1 is 1.06 bits per heavy atom. The van der Waals surface area contributed by atoms with E-state index in [2.05, 4.69) is 21.2 Å². The maximum Gasteiger partial charge on any atom is 0.275 e. The molecule has 0 aliphatic heterocycles. The van der Waals surface area contributed by atoms with Crippen molar-refractivity contribution in [1.29, 1.82) is 0 Å². The van der Waals surface area contributed by atoms with Gasteiger partial charge >= 0.3 is 0 Å². The largest absolute Gasteiger partial charge is 0.497 e. The SMILES string of the molecule is COc1ccc(C(=O)NN=Cc2cn(Cc3ccc(Cl)cc3)c3ccccc23)c(OC)c1. The van der Waals surface area contributed by atoms with E-state index in [4.69, 9.17) is 21.1 Å². The average molecular weight is 448 g/mol. The predicted molar refractivity (Wildman–Crippen MR) is 127 cm³/mol. The van der Waals surface area contributed by atoms with Crippen molar-refractivity contribution >= 4 is 34.6 Å². The second-order valence-electron chi connectivity index (χ2n) is 7.12. The summed E-state index contributed by atoms with van der Waals surface area (Å²) < 4.78 is 12.6. The lowest BCUT2D eigenvalue weighted by molar-refractivity contribution is 0.0952. The van der Waals surface area contributed by atoms with Gasteiger partial charge in [0.25, 0.3) is 5.91 Å². The molecule has 3 aromatic carbocycles. The van der Waals surface area contributed by atoms with Crippen LogP contribution in [0.4, 0.5) is 0 Å². The Morgan fingerprint density at radius 2 is 1.84 bits per heavy atom. The van der Waals surface area contributed by atoms with Crippen LogP contribution in [-0.4, -0.2) is 30.9 Å². The molecule has 0 atom stereocenters. The minimum atomic E-state index is -0.370. The standard InChI is InChI=1S/C25H22ClN3O3/c1-31-20-11-12-22(24(13-20)32-2)25(30)28-27-14-18-16-29(23-6-4-3-5-21(18)23)15-17-7-9-19(26)10-8-17/h3-14,16H,15H2,1-2H3,(H,28,30). The van der Waals surface area contributed by atoms with Gasteiger partial charge in [0.15, 0.2) is 0 Å². The summed E-state index contributed by atoms with van der Waals surface area (Å²) in [6.07, 6.45) is 3.66. The number of nitrogens with one attached hydrogen (secondary N) is 1. The number of hydrazone groups is 1. The van der Waals surface area contributed by atoms with Gasteiger partial charge in [-0.3, -0.25) is 4.79 Å². The summed E-state index contributed by atoms with van der Waals surface area (Å²) in [5.41, 5.74) is 6.06. The number of hydrogen-bond acceptors (Lipinski definition) is 4. The van der Waals surface area contributed by atoms with Crippen LogP contribution in [0.5, 0.6) is 11.5 Å². The van der Waals surface area contributed by atoms with Gasteiger partial charge in [-0.25, -0.2) is 5.43 Å². The number of fused-ring (bicyclic) bond motifs is 1. The highest BCUT2D eigenvalue weighted by Gasteiger charge is 2.13. The molecule has 4 aromatic rings. The van der Waals surface area contributed by atoms with Gasteiger partial charge < -0.3 is 14.0 Å². The van der Waals surface area contributed by atoms with Crippen LogP contribution in [0.15, 0.2) is 78.0 Å². The number of benzene rings is 3. The van der Waals surface area contributed by atoms with Crippen LogP contribution in [0.3, 0.4) is 0 Å². The number of nitrogens with zero attached hydrogens (tertiary/aromatic N) is 2. The zero-order valence-corrected chi connectivity index (χ0v) is 18.5. The van der Waals surface area contributed by atoms with E-state index >= 15 is 0 Å². The number of amides is 1. The van der Waals surface area contributed by atoms with E-state index in [-0.39, 0.29) is 5.91 Å². The third kappa shape index (κ3) is 4.60. The second-order valence-corrected chi connectivity index (χ2v) is 7.56. The van der Waals surface area contributed by atoms with E-state index in [1.807, 2.05) is 48.7 Å². The fraction of sp³-hybridized carbons (Fsp3) is 0.120. The molecule has 7 heteroatoms. The van der Waals surface area contributed by atoms with Crippen LogP contribution >= 0.6 is 11.6 Å². The molecule has 0 fully saturated rings. The molecule has 1 amide bonds. The van der Waals surface area contributed by atoms with E-state index in [1.165, 1.54) is 7.11 Å². The lowest BCUT2D eigenvalue weighted by atomic mass is 10.2. The van der Waals surface area contributed by atoms with E-state index in [0.29, 0.717) is 28.6 Å². The normalized spacial score (nSPS) is 11.1. The number of rotatable bonds is 7. The number of carbonyl (C=O) groups excluding carboxylic acids is 1. The van der Waals surface area contributed by atoms with Crippen LogP contribution in [0.2, 0.25) is 5.02 Å². The summed E-state index contributed by atoms with van der Waals surface area (Å²) in [7, 11) is 3.06. The Morgan fingerprint density at radius 3 is 2.59 bits per heavy atom. The molecule has 0 bridgehead atoms. The van der Waals surface area contributed by atoms with Crippen molar-refractivity contribution in [2.75, 3.05) is 14.2 Å². The zero-order valence-electron chi connectivity index (χ0n) is 17.7. The average Bonchev–Trinajstić information content (AvgIpc) is 3.17. The molecular formula is C25H22ClN3O3. The van der Waals surface area contributed by atoms with Gasteiger partial charge in [-0.2, -0.15) is 5.10 Å². The molecule has 0 aliphatic rings. The molecule has 0 spiro atoms. The molecular weight excluding hydrogens is 426 g/mol. The minimum Gasteiger partial charge on any atom is -0.497 e. The maximum absolute atomic E-state index is 12.6. The second kappa shape index (κ2) is 9.58. The number of ether oxygens (including phenoxy) is 2. The lowest BCUT2D eigenvalue weighted by Gasteiger charge is -2.08. The van der Waals surface area contributed by atoms with Gasteiger partial charge in [0.2, 0.25) is 0 Å². The highest BCUT2D eigenvalue weighted by Crippen LogP contribution is 2.25. The number of hydrogen-bond donors (Lipinski definition) is 1. The van der Waals surface area contributed by atoms with Crippen LogP contribution in [0.1, 0.15) is 21.5 Å². The number of methoxy groups -OCH3 is 2. The van der Waals surface area contributed by atoms with E-state index in [9.17, 15) is 4.79 Å². The molecule has 4 rings (SSSR count).